The van der Waals surface area contributed by atoms with Crippen LogP contribution in [0.25, 0.3) is 0 Å². The highest BCUT2D eigenvalue weighted by molar-refractivity contribution is 6.06. The van der Waals surface area contributed by atoms with Crippen LogP contribution in [0.4, 0.5) is 20.2 Å². The minimum atomic E-state index is -0.906. The second-order valence-corrected chi connectivity index (χ2v) is 6.21. The largest absolute Gasteiger partial charge is 0.321 e. The van der Waals surface area contributed by atoms with Crippen LogP contribution >= 0.6 is 0 Å². The van der Waals surface area contributed by atoms with Crippen LogP contribution in [0.15, 0.2) is 54.6 Å². The number of anilines is 2. The zero-order valence-corrected chi connectivity index (χ0v) is 15.2. The third-order valence-corrected chi connectivity index (χ3v) is 4.18. The lowest BCUT2D eigenvalue weighted by Crippen LogP contribution is -2.19. The predicted molar refractivity (Wildman–Crippen MR) is 102 cm³/mol. The van der Waals surface area contributed by atoms with E-state index in [0.29, 0.717) is 5.69 Å². The molecule has 2 N–H and O–H groups in total. The maximum atomic E-state index is 13.7. The number of rotatable bonds is 4. The molecule has 0 aliphatic heterocycles. The van der Waals surface area contributed by atoms with E-state index in [1.807, 2.05) is 26.0 Å². The number of nitrogens with one attached hydrogen (secondary N) is 2. The van der Waals surface area contributed by atoms with E-state index in [9.17, 15) is 18.4 Å². The van der Waals surface area contributed by atoms with E-state index in [1.54, 1.807) is 6.07 Å². The van der Waals surface area contributed by atoms with Gasteiger partial charge in [0, 0.05) is 5.69 Å². The predicted octanol–water partition coefficient (Wildman–Crippen LogP) is 4.48. The van der Waals surface area contributed by atoms with Gasteiger partial charge in [0.1, 0.15) is 28.7 Å². The molecule has 0 aliphatic rings. The van der Waals surface area contributed by atoms with Crippen LogP contribution in [-0.4, -0.2) is 16.8 Å². The molecule has 0 bridgehead atoms. The van der Waals surface area contributed by atoms with Crippen molar-refractivity contribution in [3.8, 4) is 0 Å². The number of amides is 2. The van der Waals surface area contributed by atoms with Crippen molar-refractivity contribution in [3.63, 3.8) is 0 Å². The normalized spacial score (nSPS) is 10.4. The molecule has 1 aromatic heterocycles. The molecular formula is C21H17F2N3O2. The second kappa shape index (κ2) is 7.96. The Labute approximate surface area is 160 Å². The Hall–Kier alpha value is -3.61. The summed E-state index contributed by atoms with van der Waals surface area (Å²) >= 11 is 0. The fraction of sp³-hybridized carbons (Fsp3) is 0.0952. The minimum absolute atomic E-state index is 0.000108. The summed E-state index contributed by atoms with van der Waals surface area (Å²) in [7, 11) is 0. The number of halogens is 2. The molecule has 0 radical (unpaired) electrons. The number of pyridine rings is 1. The highest BCUT2D eigenvalue weighted by Crippen LogP contribution is 2.19. The Morgan fingerprint density at radius 2 is 1.36 bits per heavy atom. The molecule has 5 nitrogen and oxygen atoms in total. The monoisotopic (exact) mass is 381 g/mol. The van der Waals surface area contributed by atoms with Gasteiger partial charge in [-0.15, -0.1) is 0 Å². The molecule has 0 saturated heterocycles. The van der Waals surface area contributed by atoms with Gasteiger partial charge >= 0.3 is 0 Å². The summed E-state index contributed by atoms with van der Waals surface area (Å²) < 4.78 is 27.4. The first-order valence-corrected chi connectivity index (χ1v) is 8.46. The molecule has 3 rings (SSSR count). The molecule has 1 heterocycles. The van der Waals surface area contributed by atoms with Crippen LogP contribution in [0.1, 0.15) is 32.1 Å². The van der Waals surface area contributed by atoms with Gasteiger partial charge in [-0.3, -0.25) is 9.59 Å². The molecule has 0 unspecified atom stereocenters. The van der Waals surface area contributed by atoms with Gasteiger partial charge in [-0.05, 0) is 61.4 Å². The van der Waals surface area contributed by atoms with Gasteiger partial charge in [-0.1, -0.05) is 18.2 Å². The van der Waals surface area contributed by atoms with Crippen molar-refractivity contribution in [3.05, 3.63) is 88.7 Å². The van der Waals surface area contributed by atoms with Crippen LogP contribution in [0.3, 0.4) is 0 Å². The lowest BCUT2D eigenvalue weighted by molar-refractivity contribution is 0.101. The van der Waals surface area contributed by atoms with Crippen LogP contribution < -0.4 is 10.6 Å². The molecule has 0 saturated carbocycles. The molecule has 3 aromatic rings. The Morgan fingerprint density at radius 3 is 1.96 bits per heavy atom. The lowest BCUT2D eigenvalue weighted by atomic mass is 10.1. The summed E-state index contributed by atoms with van der Waals surface area (Å²) in [6, 6.07) is 13.0. The number of hydrogen-bond donors (Lipinski definition) is 2. The maximum absolute atomic E-state index is 13.7. The quantitative estimate of drug-likeness (QED) is 0.700. The highest BCUT2D eigenvalue weighted by atomic mass is 19.1. The van der Waals surface area contributed by atoms with Crippen LogP contribution in [0.5, 0.6) is 0 Å². The molecule has 0 atom stereocenters. The van der Waals surface area contributed by atoms with Crippen molar-refractivity contribution in [1.82, 2.24) is 4.98 Å². The van der Waals surface area contributed by atoms with Gasteiger partial charge in [0.15, 0.2) is 0 Å². The number of benzene rings is 2. The van der Waals surface area contributed by atoms with E-state index in [4.69, 9.17) is 0 Å². The van der Waals surface area contributed by atoms with E-state index in [-0.39, 0.29) is 11.4 Å². The minimum Gasteiger partial charge on any atom is -0.321 e. The topological polar surface area (TPSA) is 71.1 Å². The Bertz CT molecular complexity index is 1050. The lowest BCUT2D eigenvalue weighted by Gasteiger charge is -2.09. The summed E-state index contributed by atoms with van der Waals surface area (Å²) in [6.07, 6.45) is 0. The zero-order valence-electron chi connectivity index (χ0n) is 15.2. The number of aryl methyl sites for hydroxylation is 2. The van der Waals surface area contributed by atoms with Crippen molar-refractivity contribution in [2.75, 3.05) is 10.6 Å². The Balaban J connectivity index is 1.78. The first-order chi connectivity index (χ1) is 13.3. The van der Waals surface area contributed by atoms with Gasteiger partial charge in [0.2, 0.25) is 0 Å². The first kappa shape index (κ1) is 19.2. The molecule has 2 amide bonds. The smallest absolute Gasteiger partial charge is 0.274 e. The average Bonchev–Trinajstić information content (AvgIpc) is 2.67. The van der Waals surface area contributed by atoms with E-state index < -0.39 is 29.1 Å². The van der Waals surface area contributed by atoms with Crippen molar-refractivity contribution < 1.29 is 18.4 Å². The van der Waals surface area contributed by atoms with Crippen LogP contribution in [0, 0.1) is 25.5 Å². The van der Waals surface area contributed by atoms with E-state index in [2.05, 4.69) is 15.6 Å². The summed E-state index contributed by atoms with van der Waals surface area (Å²) in [5.74, 6) is -3.14. The Morgan fingerprint density at radius 1 is 0.786 bits per heavy atom. The highest BCUT2D eigenvalue weighted by Gasteiger charge is 2.16. The van der Waals surface area contributed by atoms with Gasteiger partial charge in [0.25, 0.3) is 11.8 Å². The van der Waals surface area contributed by atoms with Gasteiger partial charge in [-0.25, -0.2) is 13.8 Å². The van der Waals surface area contributed by atoms with Crippen LogP contribution in [0.2, 0.25) is 0 Å². The number of hydrogen-bond acceptors (Lipinski definition) is 3. The van der Waals surface area contributed by atoms with Crippen molar-refractivity contribution in [2.45, 2.75) is 13.8 Å². The standard InChI is InChI=1S/C21H17F2N3O2/c1-12-9-10-14(11-13(12)2)24-20(27)17-7-4-8-18(25-17)21(28)26-19-15(22)5-3-6-16(19)23/h3-11H,1-2H3,(H,24,27)(H,26,28). The number of carbonyl (C=O) groups is 2. The fourth-order valence-electron chi connectivity index (χ4n) is 2.50. The third-order valence-electron chi connectivity index (χ3n) is 4.18. The maximum Gasteiger partial charge on any atom is 0.274 e. The number of nitrogens with zero attached hydrogens (tertiary/aromatic N) is 1. The number of carbonyl (C=O) groups excluding carboxylic acids is 2. The number of aromatic nitrogens is 1. The SMILES string of the molecule is Cc1ccc(NC(=O)c2cccc(C(=O)Nc3c(F)cccc3F)n2)cc1C. The van der Waals surface area contributed by atoms with Crippen molar-refractivity contribution >= 4 is 23.2 Å². The molecule has 2 aromatic carbocycles. The summed E-state index contributed by atoms with van der Waals surface area (Å²) in [6.45, 7) is 3.89. The average molecular weight is 381 g/mol. The first-order valence-electron chi connectivity index (χ1n) is 8.46. The molecular weight excluding hydrogens is 364 g/mol. The second-order valence-electron chi connectivity index (χ2n) is 6.21. The van der Waals surface area contributed by atoms with Crippen molar-refractivity contribution in [2.24, 2.45) is 0 Å². The summed E-state index contributed by atoms with van der Waals surface area (Å²) in [5.41, 5.74) is 1.99. The molecule has 0 aliphatic carbocycles. The van der Waals surface area contributed by atoms with Crippen LogP contribution in [-0.2, 0) is 0 Å². The molecule has 142 valence electrons. The van der Waals surface area contributed by atoms with Crippen molar-refractivity contribution in [1.29, 1.82) is 0 Å². The van der Waals surface area contributed by atoms with Gasteiger partial charge < -0.3 is 10.6 Å². The zero-order chi connectivity index (χ0) is 20.3. The number of para-hydroxylation sites is 1. The molecule has 0 fully saturated rings. The Kier molecular flexibility index (Phi) is 5.44. The van der Waals surface area contributed by atoms with E-state index >= 15 is 0 Å². The summed E-state index contributed by atoms with van der Waals surface area (Å²) in [4.78, 5) is 28.7. The van der Waals surface area contributed by atoms with Gasteiger partial charge in [-0.2, -0.15) is 0 Å². The fourth-order valence-corrected chi connectivity index (χ4v) is 2.50. The van der Waals surface area contributed by atoms with Gasteiger partial charge in [0.05, 0.1) is 0 Å². The molecule has 0 spiro atoms. The third kappa shape index (κ3) is 4.20. The van der Waals surface area contributed by atoms with E-state index in [1.165, 1.54) is 24.3 Å². The molecule has 7 heteroatoms. The summed E-state index contributed by atoms with van der Waals surface area (Å²) in [5, 5.41) is 4.85. The van der Waals surface area contributed by atoms with E-state index in [0.717, 1.165) is 23.3 Å². The molecule has 28 heavy (non-hydrogen) atoms.